The van der Waals surface area contributed by atoms with Gasteiger partial charge in [0.2, 0.25) is 5.22 Å². The molecule has 1 aromatic carbocycles. The van der Waals surface area contributed by atoms with Gasteiger partial charge in [-0.15, -0.1) is 0 Å². The summed E-state index contributed by atoms with van der Waals surface area (Å²) in [5, 5.41) is -1.10. The Labute approximate surface area is 133 Å². The maximum atomic E-state index is 11.7. The van der Waals surface area contributed by atoms with Gasteiger partial charge in [-0.2, -0.15) is 0 Å². The van der Waals surface area contributed by atoms with Crippen molar-refractivity contribution in [1.29, 1.82) is 0 Å². The Morgan fingerprint density at radius 2 is 1.45 bits per heavy atom. The molecule has 0 bridgehead atoms. The molecule has 22 heavy (non-hydrogen) atoms. The minimum Gasteiger partial charge on any atom is -0.450 e. The zero-order valence-corrected chi connectivity index (χ0v) is 15.0. The van der Waals surface area contributed by atoms with E-state index in [1.54, 1.807) is 6.92 Å². The van der Waals surface area contributed by atoms with Crippen molar-refractivity contribution in [2.24, 2.45) is 0 Å². The molecule has 0 saturated carbocycles. The van der Waals surface area contributed by atoms with Gasteiger partial charge in [-0.25, -0.2) is 0 Å². The number of carbonyl (C=O) groups excluding carboxylic acids is 1. The van der Waals surface area contributed by atoms with E-state index < -0.39 is 20.0 Å². The summed E-state index contributed by atoms with van der Waals surface area (Å²) < 4.78 is 23.5. The van der Waals surface area contributed by atoms with E-state index in [1.807, 2.05) is 51.1 Å². The molecule has 1 atom stereocenters. The summed E-state index contributed by atoms with van der Waals surface area (Å²) in [7, 11) is -3.30. The zero-order chi connectivity index (χ0) is 16.6. The molecule has 0 saturated heterocycles. The lowest BCUT2D eigenvalue weighted by molar-refractivity contribution is -0.156. The summed E-state index contributed by atoms with van der Waals surface area (Å²) in [5.74, 6) is -0.401. The van der Waals surface area contributed by atoms with Crippen LogP contribution in [0.4, 0.5) is 0 Å². The molecule has 5 nitrogen and oxygen atoms in total. The molecule has 0 spiro atoms. The van der Waals surface area contributed by atoms with E-state index >= 15 is 0 Å². The fraction of sp³-hybridized carbons (Fsp3) is 0.562. The van der Waals surface area contributed by atoms with Gasteiger partial charge >= 0.3 is 14.8 Å². The van der Waals surface area contributed by atoms with Crippen LogP contribution in [0.5, 0.6) is 0 Å². The van der Waals surface area contributed by atoms with Crippen molar-refractivity contribution in [3.05, 3.63) is 35.9 Å². The predicted molar refractivity (Wildman–Crippen MR) is 86.2 cm³/mol. The van der Waals surface area contributed by atoms with Gasteiger partial charge in [0, 0.05) is 26.7 Å². The van der Waals surface area contributed by atoms with Gasteiger partial charge in [0.25, 0.3) is 0 Å². The van der Waals surface area contributed by atoms with Crippen LogP contribution in [0.3, 0.4) is 0 Å². The van der Waals surface area contributed by atoms with Gasteiger partial charge in [0.1, 0.15) is 0 Å². The zero-order valence-electron chi connectivity index (χ0n) is 14.0. The molecule has 1 rings (SSSR count). The number of esters is 1. The summed E-state index contributed by atoms with van der Waals surface area (Å²) in [6.07, 6.45) is 0. The van der Waals surface area contributed by atoms with Crippen LogP contribution >= 0.6 is 0 Å². The lowest BCUT2D eigenvalue weighted by Gasteiger charge is -2.42. The Balaban J connectivity index is 3.44. The first-order valence-electron chi connectivity index (χ1n) is 7.62. The molecule has 1 unspecified atom stereocenters. The van der Waals surface area contributed by atoms with Gasteiger partial charge in [-0.05, 0) is 33.3 Å². The van der Waals surface area contributed by atoms with Crippen molar-refractivity contribution in [3.63, 3.8) is 0 Å². The molecular weight excluding hydrogens is 300 g/mol. The summed E-state index contributed by atoms with van der Waals surface area (Å²) in [4.78, 5) is 11.7. The van der Waals surface area contributed by atoms with E-state index in [1.165, 1.54) is 6.92 Å². The second-order valence-corrected chi connectivity index (χ2v) is 7.78. The second-order valence-electron chi connectivity index (χ2n) is 4.85. The average Bonchev–Trinajstić information content (AvgIpc) is 2.48. The molecule has 0 amide bonds. The van der Waals surface area contributed by atoms with Crippen molar-refractivity contribution in [3.8, 4) is 0 Å². The monoisotopic (exact) mass is 326 g/mol. The van der Waals surface area contributed by atoms with Crippen LogP contribution in [-0.4, -0.2) is 34.6 Å². The molecule has 6 heteroatoms. The van der Waals surface area contributed by atoms with Crippen LogP contribution in [0.25, 0.3) is 0 Å². The molecule has 124 valence electrons. The third-order valence-corrected chi connectivity index (χ3v) is 6.83. The van der Waals surface area contributed by atoms with Gasteiger partial charge < -0.3 is 18.0 Å². The first kappa shape index (κ1) is 18.8. The summed E-state index contributed by atoms with van der Waals surface area (Å²) in [6, 6.07) is 9.46. The van der Waals surface area contributed by atoms with Gasteiger partial charge in [-0.3, -0.25) is 4.79 Å². The Morgan fingerprint density at radius 3 is 1.82 bits per heavy atom. The van der Waals surface area contributed by atoms with E-state index in [2.05, 4.69) is 0 Å². The number of benzene rings is 1. The SMILES string of the molecule is CCO[Si](OCC)(OCC)C(C)(OC(C)=O)c1ccccc1. The van der Waals surface area contributed by atoms with Crippen molar-refractivity contribution >= 4 is 14.8 Å². The molecule has 0 aromatic heterocycles. The Morgan fingerprint density at radius 1 is 1.00 bits per heavy atom. The molecule has 0 aliphatic heterocycles. The van der Waals surface area contributed by atoms with Crippen molar-refractivity contribution in [2.45, 2.75) is 39.8 Å². The number of hydrogen-bond donors (Lipinski definition) is 0. The number of hydrogen-bond acceptors (Lipinski definition) is 5. The first-order chi connectivity index (χ1) is 10.5. The highest BCUT2D eigenvalue weighted by Crippen LogP contribution is 2.38. The highest BCUT2D eigenvalue weighted by atomic mass is 28.4. The first-order valence-corrected chi connectivity index (χ1v) is 9.35. The number of carbonyl (C=O) groups is 1. The third kappa shape index (κ3) is 3.95. The lowest BCUT2D eigenvalue weighted by Crippen LogP contribution is -2.63. The summed E-state index contributed by atoms with van der Waals surface area (Å²) in [6.45, 7) is 10.0. The molecular formula is C16H26O5Si. The lowest BCUT2D eigenvalue weighted by atomic mass is 10.1. The smallest absolute Gasteiger partial charge is 0.450 e. The topological polar surface area (TPSA) is 54.0 Å². The normalized spacial score (nSPS) is 14.4. The second kappa shape index (κ2) is 8.43. The Hall–Kier alpha value is -1.21. The molecule has 0 radical (unpaired) electrons. The highest BCUT2D eigenvalue weighted by molar-refractivity contribution is 6.63. The van der Waals surface area contributed by atoms with Crippen LogP contribution in [0.1, 0.15) is 40.2 Å². The minimum atomic E-state index is -3.30. The summed E-state index contributed by atoms with van der Waals surface area (Å²) in [5.41, 5.74) is 0.798. The van der Waals surface area contributed by atoms with Crippen LogP contribution in [0.2, 0.25) is 0 Å². The van der Waals surface area contributed by atoms with Crippen LogP contribution in [0, 0.1) is 0 Å². The average molecular weight is 326 g/mol. The standard InChI is InChI=1S/C16H26O5Si/c1-6-18-22(19-7-2,20-8-3)16(5,21-14(4)17)15-12-10-9-11-13-15/h9-13H,6-8H2,1-5H3. The van der Waals surface area contributed by atoms with Crippen LogP contribution in [0.15, 0.2) is 30.3 Å². The van der Waals surface area contributed by atoms with E-state index in [0.717, 1.165) is 5.56 Å². The number of rotatable bonds is 9. The van der Waals surface area contributed by atoms with Gasteiger partial charge in [0.15, 0.2) is 0 Å². The fourth-order valence-corrected chi connectivity index (χ4v) is 5.46. The van der Waals surface area contributed by atoms with Crippen LogP contribution < -0.4 is 0 Å². The molecule has 1 aromatic rings. The maximum absolute atomic E-state index is 11.7. The summed E-state index contributed by atoms with van der Waals surface area (Å²) >= 11 is 0. The highest BCUT2D eigenvalue weighted by Gasteiger charge is 2.62. The van der Waals surface area contributed by atoms with Gasteiger partial charge in [-0.1, -0.05) is 30.3 Å². The molecule has 0 heterocycles. The predicted octanol–water partition coefficient (Wildman–Crippen LogP) is 3.05. The molecule has 0 fully saturated rings. The maximum Gasteiger partial charge on any atom is 0.552 e. The van der Waals surface area contributed by atoms with Gasteiger partial charge in [0.05, 0.1) is 0 Å². The van der Waals surface area contributed by atoms with E-state index in [0.29, 0.717) is 19.8 Å². The molecule has 0 N–H and O–H groups in total. The Bertz CT molecular complexity index is 448. The Kier molecular flexibility index (Phi) is 7.22. The van der Waals surface area contributed by atoms with Crippen molar-refractivity contribution in [1.82, 2.24) is 0 Å². The largest absolute Gasteiger partial charge is 0.552 e. The molecule has 0 aliphatic rings. The minimum absolute atomic E-state index is 0.401. The van der Waals surface area contributed by atoms with E-state index in [-0.39, 0.29) is 0 Å². The van der Waals surface area contributed by atoms with Crippen molar-refractivity contribution in [2.75, 3.05) is 19.8 Å². The fourth-order valence-electron chi connectivity index (χ4n) is 2.45. The third-order valence-electron chi connectivity index (χ3n) is 3.26. The number of ether oxygens (including phenoxy) is 1. The van der Waals surface area contributed by atoms with Crippen LogP contribution in [-0.2, 0) is 28.0 Å². The molecule has 0 aliphatic carbocycles. The van der Waals surface area contributed by atoms with Crippen molar-refractivity contribution < 1.29 is 22.8 Å². The van der Waals surface area contributed by atoms with E-state index in [9.17, 15) is 4.79 Å². The van der Waals surface area contributed by atoms with E-state index in [4.69, 9.17) is 18.0 Å². The quantitative estimate of drug-likeness (QED) is 0.516.